The lowest BCUT2D eigenvalue weighted by Crippen LogP contribution is -2.34. The maximum atomic E-state index is 12.7. The normalized spacial score (nSPS) is 14.8. The van der Waals surface area contributed by atoms with Crippen LogP contribution in [0.2, 0.25) is 0 Å². The lowest BCUT2D eigenvalue weighted by Gasteiger charge is -2.18. The van der Waals surface area contributed by atoms with Crippen LogP contribution < -0.4 is 14.8 Å². The van der Waals surface area contributed by atoms with Gasteiger partial charge in [0, 0.05) is 17.1 Å². The Balaban J connectivity index is 1.47. The van der Waals surface area contributed by atoms with E-state index in [4.69, 9.17) is 4.74 Å². The Morgan fingerprint density at radius 3 is 2.34 bits per heavy atom. The number of anilines is 1. The van der Waals surface area contributed by atoms with E-state index in [1.54, 1.807) is 12.5 Å². The molecule has 1 aliphatic rings. The molecule has 9 heteroatoms. The molecular formula is C20H19N3O4S2. The number of nitrogens with zero attached hydrogens (tertiary/aromatic N) is 1. The SMILES string of the molecule is COc1ccc(C2(NC(=O)c3ccc(S(=O)(=O)Nc4nccs4)cc3)CC2)cc1. The van der Waals surface area contributed by atoms with Crippen LogP contribution in [0.15, 0.2) is 65.0 Å². The average Bonchev–Trinajstić information content (AvgIpc) is 3.33. The van der Waals surface area contributed by atoms with E-state index >= 15 is 0 Å². The van der Waals surface area contributed by atoms with Crippen molar-refractivity contribution in [3.8, 4) is 5.75 Å². The second-order valence-corrected chi connectivity index (χ2v) is 9.31. The van der Waals surface area contributed by atoms with Gasteiger partial charge in [-0.25, -0.2) is 13.4 Å². The third-order valence-corrected chi connectivity index (χ3v) is 7.00. The number of benzene rings is 2. The van der Waals surface area contributed by atoms with Crippen molar-refractivity contribution >= 4 is 32.4 Å². The highest BCUT2D eigenvalue weighted by molar-refractivity contribution is 7.93. The van der Waals surface area contributed by atoms with Crippen LogP contribution in [-0.4, -0.2) is 26.4 Å². The molecule has 3 aromatic rings. The summed E-state index contributed by atoms with van der Waals surface area (Å²) in [4.78, 5) is 16.7. The van der Waals surface area contributed by atoms with Gasteiger partial charge in [-0.2, -0.15) is 0 Å². The monoisotopic (exact) mass is 429 g/mol. The molecule has 7 nitrogen and oxygen atoms in total. The number of hydrogen-bond acceptors (Lipinski definition) is 6. The van der Waals surface area contributed by atoms with E-state index in [0.29, 0.717) is 10.7 Å². The first-order valence-corrected chi connectivity index (χ1v) is 11.3. The van der Waals surface area contributed by atoms with Crippen LogP contribution in [-0.2, 0) is 15.6 Å². The number of ether oxygens (including phenoxy) is 1. The van der Waals surface area contributed by atoms with E-state index in [-0.39, 0.29) is 16.3 Å². The molecule has 0 saturated heterocycles. The van der Waals surface area contributed by atoms with Crippen LogP contribution in [0, 0.1) is 0 Å². The van der Waals surface area contributed by atoms with Crippen LogP contribution in [0.4, 0.5) is 5.13 Å². The molecule has 0 unspecified atom stereocenters. The Kier molecular flexibility index (Phi) is 5.01. The summed E-state index contributed by atoms with van der Waals surface area (Å²) in [7, 11) is -2.13. The number of carbonyl (C=O) groups is 1. The standard InChI is InChI=1S/C20H19N3O4S2/c1-27-16-6-4-15(5-7-16)20(10-11-20)22-18(24)14-2-8-17(9-3-14)29(25,26)23-19-21-12-13-28-19/h2-9,12-13H,10-11H2,1H3,(H,21,23)(H,22,24). The third-order valence-electron chi connectivity index (χ3n) is 4.83. The number of thiazole rings is 1. The van der Waals surface area contributed by atoms with Crippen LogP contribution in [0.25, 0.3) is 0 Å². The van der Waals surface area contributed by atoms with Gasteiger partial charge < -0.3 is 10.1 Å². The highest BCUT2D eigenvalue weighted by atomic mass is 32.2. The van der Waals surface area contributed by atoms with Gasteiger partial charge in [-0.3, -0.25) is 9.52 Å². The molecule has 150 valence electrons. The molecule has 1 heterocycles. The molecule has 0 bridgehead atoms. The fourth-order valence-electron chi connectivity index (χ4n) is 3.04. The summed E-state index contributed by atoms with van der Waals surface area (Å²) in [5, 5.41) is 5.05. The van der Waals surface area contributed by atoms with Crippen LogP contribution in [0.5, 0.6) is 5.75 Å². The summed E-state index contributed by atoms with van der Waals surface area (Å²) in [6.45, 7) is 0. The van der Waals surface area contributed by atoms with Gasteiger partial charge in [-0.1, -0.05) is 12.1 Å². The lowest BCUT2D eigenvalue weighted by molar-refractivity contribution is 0.0930. The first-order chi connectivity index (χ1) is 13.9. The number of aromatic nitrogens is 1. The molecule has 1 aliphatic carbocycles. The number of sulfonamides is 1. The zero-order chi connectivity index (χ0) is 20.5. The van der Waals surface area contributed by atoms with Crippen molar-refractivity contribution in [3.05, 3.63) is 71.2 Å². The number of carbonyl (C=O) groups excluding carboxylic acids is 1. The molecule has 0 spiro atoms. The van der Waals surface area contributed by atoms with Crippen LogP contribution in [0.3, 0.4) is 0 Å². The highest BCUT2D eigenvalue weighted by Gasteiger charge is 2.45. The molecule has 29 heavy (non-hydrogen) atoms. The van der Waals surface area contributed by atoms with E-state index in [9.17, 15) is 13.2 Å². The predicted molar refractivity (Wildman–Crippen MR) is 111 cm³/mol. The smallest absolute Gasteiger partial charge is 0.263 e. The van der Waals surface area contributed by atoms with E-state index in [1.807, 2.05) is 24.3 Å². The number of amides is 1. The Morgan fingerprint density at radius 1 is 1.10 bits per heavy atom. The van der Waals surface area contributed by atoms with Crippen molar-refractivity contribution in [1.29, 1.82) is 0 Å². The summed E-state index contributed by atoms with van der Waals surface area (Å²) in [6, 6.07) is 13.5. The maximum Gasteiger partial charge on any atom is 0.263 e. The lowest BCUT2D eigenvalue weighted by atomic mass is 10.0. The molecule has 1 amide bonds. The van der Waals surface area contributed by atoms with Crippen molar-refractivity contribution in [1.82, 2.24) is 10.3 Å². The van der Waals surface area contributed by atoms with Gasteiger partial charge in [-0.15, -0.1) is 11.3 Å². The number of nitrogens with one attached hydrogen (secondary N) is 2. The minimum absolute atomic E-state index is 0.0699. The maximum absolute atomic E-state index is 12.7. The zero-order valence-electron chi connectivity index (χ0n) is 15.6. The molecule has 0 aliphatic heterocycles. The Bertz CT molecular complexity index is 1110. The second kappa shape index (κ2) is 7.49. The Morgan fingerprint density at radius 2 is 1.79 bits per heavy atom. The fourth-order valence-corrected chi connectivity index (χ4v) is 4.83. The summed E-state index contributed by atoms with van der Waals surface area (Å²) in [5.74, 6) is 0.522. The van der Waals surface area contributed by atoms with Crippen molar-refractivity contribution in [2.24, 2.45) is 0 Å². The van der Waals surface area contributed by atoms with E-state index < -0.39 is 10.0 Å². The van der Waals surface area contributed by atoms with Gasteiger partial charge in [0.2, 0.25) is 0 Å². The molecule has 0 radical (unpaired) electrons. The quantitative estimate of drug-likeness (QED) is 0.600. The average molecular weight is 430 g/mol. The number of methoxy groups -OCH3 is 1. The van der Waals surface area contributed by atoms with Gasteiger partial charge in [0.25, 0.3) is 15.9 Å². The van der Waals surface area contributed by atoms with Crippen molar-refractivity contribution in [2.75, 3.05) is 11.8 Å². The highest BCUT2D eigenvalue weighted by Crippen LogP contribution is 2.46. The summed E-state index contributed by atoms with van der Waals surface area (Å²) < 4.78 is 32.4. The first-order valence-electron chi connectivity index (χ1n) is 8.91. The predicted octanol–water partition coefficient (Wildman–Crippen LogP) is 3.37. The molecule has 1 aromatic heterocycles. The van der Waals surface area contributed by atoms with Gasteiger partial charge >= 0.3 is 0 Å². The molecule has 1 fully saturated rings. The van der Waals surface area contributed by atoms with E-state index in [1.165, 1.54) is 41.8 Å². The van der Waals surface area contributed by atoms with E-state index in [0.717, 1.165) is 24.2 Å². The largest absolute Gasteiger partial charge is 0.497 e. The Labute approximate surface area is 172 Å². The van der Waals surface area contributed by atoms with E-state index in [2.05, 4.69) is 15.0 Å². The van der Waals surface area contributed by atoms with Crippen LogP contribution >= 0.6 is 11.3 Å². The zero-order valence-corrected chi connectivity index (χ0v) is 17.2. The number of hydrogen-bond donors (Lipinski definition) is 2. The van der Waals surface area contributed by atoms with Crippen molar-refractivity contribution < 1.29 is 17.9 Å². The topological polar surface area (TPSA) is 97.4 Å². The minimum atomic E-state index is -3.74. The molecule has 1 saturated carbocycles. The van der Waals surface area contributed by atoms with Gasteiger partial charge in [-0.05, 0) is 54.8 Å². The van der Waals surface area contributed by atoms with Crippen LogP contribution in [0.1, 0.15) is 28.8 Å². The molecule has 0 atom stereocenters. The first kappa shape index (κ1) is 19.4. The molecule has 2 N–H and O–H groups in total. The minimum Gasteiger partial charge on any atom is -0.497 e. The summed E-state index contributed by atoms with van der Waals surface area (Å²) >= 11 is 1.19. The Hall–Kier alpha value is -2.91. The number of rotatable bonds is 7. The molecular weight excluding hydrogens is 410 g/mol. The molecule has 4 rings (SSSR count). The summed E-state index contributed by atoms with van der Waals surface area (Å²) in [6.07, 6.45) is 3.23. The third kappa shape index (κ3) is 4.10. The van der Waals surface area contributed by atoms with Crippen molar-refractivity contribution in [3.63, 3.8) is 0 Å². The summed E-state index contributed by atoms with van der Waals surface area (Å²) in [5.41, 5.74) is 1.05. The molecule has 2 aromatic carbocycles. The van der Waals surface area contributed by atoms with Gasteiger partial charge in [0.15, 0.2) is 5.13 Å². The van der Waals surface area contributed by atoms with Crippen molar-refractivity contribution in [2.45, 2.75) is 23.3 Å². The van der Waals surface area contributed by atoms with Gasteiger partial charge in [0.1, 0.15) is 5.75 Å². The second-order valence-electron chi connectivity index (χ2n) is 6.73. The van der Waals surface area contributed by atoms with Gasteiger partial charge in [0.05, 0.1) is 17.5 Å². The fraction of sp³-hybridized carbons (Fsp3) is 0.200.